The summed E-state index contributed by atoms with van der Waals surface area (Å²) in [6.07, 6.45) is 0. The topological polar surface area (TPSA) is 46.9 Å². The van der Waals surface area contributed by atoms with Gasteiger partial charge in [0.15, 0.2) is 0 Å². The number of nitrogens with zero attached hydrogens (tertiary/aromatic N) is 2. The minimum Gasteiger partial charge on any atom is -0.303 e. The van der Waals surface area contributed by atoms with E-state index in [-0.39, 0.29) is 5.69 Å². The number of aromatic nitrogens is 2. The van der Waals surface area contributed by atoms with Crippen molar-refractivity contribution in [1.29, 1.82) is 0 Å². The molecule has 3 rings (SSSR count). The van der Waals surface area contributed by atoms with Gasteiger partial charge in [-0.3, -0.25) is 0 Å². The minimum absolute atomic E-state index is 0.112. The van der Waals surface area contributed by atoms with E-state index in [1.165, 1.54) is 16.8 Å². The van der Waals surface area contributed by atoms with Gasteiger partial charge < -0.3 is 5.32 Å². The number of fused-ring (bicyclic) bond motifs is 1. The van der Waals surface area contributed by atoms with Gasteiger partial charge in [0.2, 0.25) is 0 Å². The normalized spacial score (nSPS) is 10.8. The third-order valence-electron chi connectivity index (χ3n) is 3.14. The fraction of sp³-hybridized carbons (Fsp3) is 0.0667. The number of rotatable bonds is 1. The van der Waals surface area contributed by atoms with Crippen molar-refractivity contribution in [3.63, 3.8) is 0 Å². The summed E-state index contributed by atoms with van der Waals surface area (Å²) in [5.41, 5.74) is 1.54. The van der Waals surface area contributed by atoms with Crippen molar-refractivity contribution in [2.24, 2.45) is 0 Å². The van der Waals surface area contributed by atoms with E-state index in [0.29, 0.717) is 9.99 Å². The second-order valence-electron chi connectivity index (χ2n) is 4.57. The molecule has 0 radical (unpaired) electrons. The molecule has 1 aromatic heterocycles. The monoisotopic (exact) mass is 347 g/mol. The summed E-state index contributed by atoms with van der Waals surface area (Å²) < 4.78 is 15.6. The van der Waals surface area contributed by atoms with Crippen LogP contribution in [-0.4, -0.2) is 15.8 Å². The van der Waals surface area contributed by atoms with Crippen LogP contribution in [0.2, 0.25) is 0 Å². The van der Waals surface area contributed by atoms with E-state index >= 15 is 0 Å². The molecule has 0 atom stereocenters. The summed E-state index contributed by atoms with van der Waals surface area (Å²) in [6.45, 7) is 1.83. The molecule has 0 fully saturated rings. The molecule has 0 unspecified atom stereocenters. The van der Waals surface area contributed by atoms with Gasteiger partial charge in [0.25, 0.3) is 0 Å². The van der Waals surface area contributed by atoms with E-state index in [9.17, 15) is 9.18 Å². The van der Waals surface area contributed by atoms with Crippen molar-refractivity contribution >= 4 is 38.6 Å². The van der Waals surface area contributed by atoms with E-state index in [1.54, 1.807) is 12.1 Å². The third kappa shape index (κ3) is 2.54. The molecule has 21 heavy (non-hydrogen) atoms. The lowest BCUT2D eigenvalue weighted by atomic mass is 10.2. The minimum atomic E-state index is -0.508. The molecule has 2 aromatic carbocycles. The molecule has 0 bridgehead atoms. The van der Waals surface area contributed by atoms with E-state index in [4.69, 9.17) is 0 Å². The molecule has 1 N–H and O–H groups in total. The van der Waals surface area contributed by atoms with Crippen molar-refractivity contribution in [3.05, 3.63) is 58.4 Å². The molecule has 0 aliphatic heterocycles. The highest BCUT2D eigenvalue weighted by molar-refractivity contribution is 9.10. The molecular weight excluding hydrogens is 337 g/mol. The van der Waals surface area contributed by atoms with Crippen LogP contribution >= 0.6 is 15.9 Å². The highest BCUT2D eigenvalue weighted by Gasteiger charge is 2.14. The Morgan fingerprint density at radius 1 is 1.29 bits per heavy atom. The predicted octanol–water partition coefficient (Wildman–Crippen LogP) is 4.33. The maximum Gasteiger partial charge on any atom is 0.347 e. The molecule has 1 amide bonds. The third-order valence-corrected chi connectivity index (χ3v) is 3.63. The van der Waals surface area contributed by atoms with Crippen LogP contribution in [0.5, 0.6) is 0 Å². The summed E-state index contributed by atoms with van der Waals surface area (Å²) in [5, 5.41) is 7.62. The van der Waals surface area contributed by atoms with Crippen LogP contribution in [0.1, 0.15) is 5.69 Å². The first-order valence-electron chi connectivity index (χ1n) is 6.27. The predicted molar refractivity (Wildman–Crippen MR) is 83.0 cm³/mol. The Morgan fingerprint density at radius 2 is 2.05 bits per heavy atom. The van der Waals surface area contributed by atoms with Crippen LogP contribution in [0, 0.1) is 12.7 Å². The lowest BCUT2D eigenvalue weighted by molar-refractivity contribution is 0.251. The summed E-state index contributed by atoms with van der Waals surface area (Å²) in [6, 6.07) is 11.3. The van der Waals surface area contributed by atoms with Crippen molar-refractivity contribution in [2.75, 3.05) is 5.32 Å². The van der Waals surface area contributed by atoms with Crippen LogP contribution in [0.4, 0.5) is 14.9 Å². The summed E-state index contributed by atoms with van der Waals surface area (Å²) in [7, 11) is 0. The van der Waals surface area contributed by atoms with Crippen molar-refractivity contribution < 1.29 is 9.18 Å². The second kappa shape index (κ2) is 5.29. The Balaban J connectivity index is 1.98. The SMILES string of the molecule is Cc1nn(C(=O)Nc2ccc(Br)cc2F)c2ccccc12. The van der Waals surface area contributed by atoms with Crippen LogP contribution in [0.25, 0.3) is 10.9 Å². The van der Waals surface area contributed by atoms with Crippen molar-refractivity contribution in [1.82, 2.24) is 9.78 Å². The van der Waals surface area contributed by atoms with Gasteiger partial charge in [-0.05, 0) is 31.2 Å². The van der Waals surface area contributed by atoms with Gasteiger partial charge in [0.1, 0.15) is 5.82 Å². The largest absolute Gasteiger partial charge is 0.347 e. The van der Waals surface area contributed by atoms with Crippen LogP contribution in [0.3, 0.4) is 0 Å². The van der Waals surface area contributed by atoms with Crippen molar-refractivity contribution in [2.45, 2.75) is 6.92 Å². The maximum absolute atomic E-state index is 13.8. The second-order valence-corrected chi connectivity index (χ2v) is 5.48. The lowest BCUT2D eigenvalue weighted by Gasteiger charge is -2.07. The number of carbonyl (C=O) groups excluding carboxylic acids is 1. The summed E-state index contributed by atoms with van der Waals surface area (Å²) >= 11 is 3.17. The smallest absolute Gasteiger partial charge is 0.303 e. The molecule has 0 aliphatic rings. The first-order chi connectivity index (χ1) is 10.1. The van der Waals surface area contributed by atoms with Gasteiger partial charge in [-0.15, -0.1) is 0 Å². The molecule has 106 valence electrons. The molecule has 1 heterocycles. The highest BCUT2D eigenvalue weighted by Crippen LogP contribution is 2.21. The fourth-order valence-electron chi connectivity index (χ4n) is 2.14. The standard InChI is InChI=1S/C15H11BrFN3O/c1-9-11-4-2-3-5-14(11)20(19-9)15(21)18-13-7-6-10(16)8-12(13)17/h2-8H,1H3,(H,18,21). The Hall–Kier alpha value is -2.21. The van der Waals surface area contributed by atoms with E-state index in [2.05, 4.69) is 26.3 Å². The number of anilines is 1. The quantitative estimate of drug-likeness (QED) is 0.712. The zero-order chi connectivity index (χ0) is 15.0. The molecule has 0 spiro atoms. The maximum atomic E-state index is 13.8. The van der Waals surface area contributed by atoms with E-state index in [1.807, 2.05) is 25.1 Å². The average Bonchev–Trinajstić information content (AvgIpc) is 2.80. The average molecular weight is 348 g/mol. The van der Waals surface area contributed by atoms with Gasteiger partial charge in [-0.2, -0.15) is 9.78 Å². The molecule has 0 saturated carbocycles. The first-order valence-corrected chi connectivity index (χ1v) is 7.06. The van der Waals surface area contributed by atoms with Gasteiger partial charge >= 0.3 is 6.03 Å². The number of amides is 1. The van der Waals surface area contributed by atoms with Gasteiger partial charge in [0.05, 0.1) is 16.9 Å². The number of halogens is 2. The highest BCUT2D eigenvalue weighted by atomic mass is 79.9. The summed E-state index contributed by atoms with van der Waals surface area (Å²) in [5.74, 6) is -0.508. The van der Waals surface area contributed by atoms with Crippen LogP contribution in [-0.2, 0) is 0 Å². The summed E-state index contributed by atoms with van der Waals surface area (Å²) in [4.78, 5) is 12.3. The van der Waals surface area contributed by atoms with Gasteiger partial charge in [-0.25, -0.2) is 9.18 Å². The molecule has 0 saturated heterocycles. The van der Waals surface area contributed by atoms with Crippen LogP contribution in [0.15, 0.2) is 46.9 Å². The Kier molecular flexibility index (Phi) is 3.47. The Morgan fingerprint density at radius 3 is 2.81 bits per heavy atom. The van der Waals surface area contributed by atoms with E-state index in [0.717, 1.165) is 11.1 Å². The molecule has 4 nitrogen and oxygen atoms in total. The molecule has 6 heteroatoms. The number of para-hydroxylation sites is 1. The number of carbonyl (C=O) groups is 1. The zero-order valence-corrected chi connectivity index (χ0v) is 12.7. The number of aryl methyl sites for hydroxylation is 1. The van der Waals surface area contributed by atoms with E-state index < -0.39 is 11.8 Å². The number of hydrogen-bond acceptors (Lipinski definition) is 2. The fourth-order valence-corrected chi connectivity index (χ4v) is 2.47. The van der Waals surface area contributed by atoms with Crippen molar-refractivity contribution in [3.8, 4) is 0 Å². The number of hydrogen-bond donors (Lipinski definition) is 1. The van der Waals surface area contributed by atoms with Gasteiger partial charge in [-0.1, -0.05) is 34.1 Å². The molecular formula is C15H11BrFN3O. The number of benzene rings is 2. The molecule has 3 aromatic rings. The number of nitrogens with one attached hydrogen (secondary N) is 1. The Bertz CT molecular complexity index is 844. The van der Waals surface area contributed by atoms with Crippen LogP contribution < -0.4 is 5.32 Å². The Labute approximate surface area is 128 Å². The molecule has 0 aliphatic carbocycles. The zero-order valence-electron chi connectivity index (χ0n) is 11.1. The lowest BCUT2D eigenvalue weighted by Crippen LogP contribution is -2.21. The first kappa shape index (κ1) is 13.8. The van der Waals surface area contributed by atoms with Gasteiger partial charge in [0, 0.05) is 9.86 Å².